The molecule has 0 radical (unpaired) electrons. The molecule has 1 unspecified atom stereocenters. The third kappa shape index (κ3) is 3.36. The first-order chi connectivity index (χ1) is 9.08. The number of carboxylic acid groups (broad SMARTS) is 1. The number of hydrogen-bond donors (Lipinski definition) is 1. The molecule has 2 aromatic rings. The molecule has 1 N–H and O–H groups in total. The van der Waals surface area contributed by atoms with Crippen LogP contribution >= 0.6 is 11.3 Å². The summed E-state index contributed by atoms with van der Waals surface area (Å²) in [4.78, 5) is 19.2. The fraction of sp³-hybridized carbons (Fsp3) is 0.308. The normalized spacial score (nSPS) is 12.3. The van der Waals surface area contributed by atoms with Crippen LogP contribution in [0.5, 0.6) is 0 Å². The lowest BCUT2D eigenvalue weighted by Crippen LogP contribution is -2.07. The van der Waals surface area contributed by atoms with E-state index in [1.54, 1.807) is 18.5 Å². The molecular weight excluding hydrogens is 264 g/mol. The summed E-state index contributed by atoms with van der Waals surface area (Å²) in [5.74, 6) is -0.965. The van der Waals surface area contributed by atoms with E-state index in [1.807, 2.05) is 12.3 Å². The van der Waals surface area contributed by atoms with Crippen molar-refractivity contribution >= 4 is 17.3 Å². The second-order valence-corrected chi connectivity index (χ2v) is 4.88. The van der Waals surface area contributed by atoms with E-state index in [0.717, 1.165) is 11.4 Å². The minimum Gasteiger partial charge on any atom is -0.478 e. The Hall–Kier alpha value is -1.79. The van der Waals surface area contributed by atoms with Gasteiger partial charge in [0.25, 0.3) is 0 Å². The fourth-order valence-corrected chi connectivity index (χ4v) is 2.17. The van der Waals surface area contributed by atoms with Gasteiger partial charge in [-0.05, 0) is 25.5 Å². The number of rotatable bonds is 5. The van der Waals surface area contributed by atoms with Crippen LogP contribution in [0.1, 0.15) is 40.3 Å². The van der Waals surface area contributed by atoms with Crippen molar-refractivity contribution in [2.45, 2.75) is 26.6 Å². The number of aromatic nitrogens is 2. The topological polar surface area (TPSA) is 72.3 Å². The van der Waals surface area contributed by atoms with Crippen molar-refractivity contribution in [2.75, 3.05) is 0 Å². The van der Waals surface area contributed by atoms with Crippen LogP contribution in [0.15, 0.2) is 23.2 Å². The minimum atomic E-state index is -0.965. The van der Waals surface area contributed by atoms with E-state index in [0.29, 0.717) is 12.2 Å². The monoisotopic (exact) mass is 278 g/mol. The maximum atomic E-state index is 10.9. The Labute approximate surface area is 114 Å². The zero-order valence-corrected chi connectivity index (χ0v) is 11.5. The van der Waals surface area contributed by atoms with E-state index >= 15 is 0 Å². The Morgan fingerprint density at radius 3 is 2.89 bits per heavy atom. The van der Waals surface area contributed by atoms with Crippen LogP contribution in [0.3, 0.4) is 0 Å². The number of thiazole rings is 1. The van der Waals surface area contributed by atoms with Crippen LogP contribution < -0.4 is 0 Å². The Bertz CT molecular complexity index is 569. The number of nitrogens with zero attached hydrogens (tertiary/aromatic N) is 2. The van der Waals surface area contributed by atoms with E-state index in [9.17, 15) is 4.79 Å². The predicted octanol–water partition coefficient (Wildman–Crippen LogP) is 2.82. The molecule has 0 aliphatic rings. The van der Waals surface area contributed by atoms with Gasteiger partial charge in [-0.1, -0.05) is 0 Å². The van der Waals surface area contributed by atoms with Crippen LogP contribution in [-0.4, -0.2) is 21.0 Å². The highest BCUT2D eigenvalue weighted by atomic mass is 32.1. The van der Waals surface area contributed by atoms with Crippen molar-refractivity contribution in [1.29, 1.82) is 0 Å². The van der Waals surface area contributed by atoms with Crippen LogP contribution in [0.4, 0.5) is 0 Å². The summed E-state index contributed by atoms with van der Waals surface area (Å²) in [7, 11) is 0. The molecule has 0 saturated heterocycles. The molecule has 0 spiro atoms. The number of carboxylic acids is 1. The Morgan fingerprint density at radius 2 is 2.32 bits per heavy atom. The molecule has 0 amide bonds. The zero-order chi connectivity index (χ0) is 13.8. The van der Waals surface area contributed by atoms with Gasteiger partial charge >= 0.3 is 5.97 Å². The van der Waals surface area contributed by atoms with Crippen molar-refractivity contribution < 1.29 is 14.6 Å². The average molecular weight is 278 g/mol. The number of aryl methyl sites for hydroxylation is 1. The molecule has 2 aromatic heterocycles. The van der Waals surface area contributed by atoms with Gasteiger partial charge in [-0.2, -0.15) is 0 Å². The first-order valence-corrected chi connectivity index (χ1v) is 6.70. The van der Waals surface area contributed by atoms with E-state index in [1.165, 1.54) is 17.5 Å². The molecule has 2 heterocycles. The van der Waals surface area contributed by atoms with Gasteiger partial charge in [0.1, 0.15) is 0 Å². The van der Waals surface area contributed by atoms with Crippen molar-refractivity contribution in [1.82, 2.24) is 9.97 Å². The maximum absolute atomic E-state index is 10.9. The Balaban J connectivity index is 2.05. The summed E-state index contributed by atoms with van der Waals surface area (Å²) in [5.41, 5.74) is 4.26. The summed E-state index contributed by atoms with van der Waals surface area (Å²) in [6, 6.07) is 1.75. The van der Waals surface area contributed by atoms with Crippen molar-refractivity contribution in [2.24, 2.45) is 0 Å². The second-order valence-electron chi connectivity index (χ2n) is 4.16. The third-order valence-corrected chi connectivity index (χ3v) is 3.38. The Kier molecular flexibility index (Phi) is 4.24. The molecule has 6 heteroatoms. The second kappa shape index (κ2) is 5.90. The molecule has 0 aromatic carbocycles. The van der Waals surface area contributed by atoms with Gasteiger partial charge in [-0.25, -0.2) is 9.78 Å². The molecule has 0 bridgehead atoms. The van der Waals surface area contributed by atoms with Crippen LogP contribution in [0.2, 0.25) is 0 Å². The summed E-state index contributed by atoms with van der Waals surface area (Å²) in [5, 5.41) is 10.9. The highest BCUT2D eigenvalue weighted by molar-refractivity contribution is 7.07. The quantitative estimate of drug-likeness (QED) is 0.910. The summed E-state index contributed by atoms with van der Waals surface area (Å²) in [6.07, 6.45) is 1.17. The van der Waals surface area contributed by atoms with E-state index in [2.05, 4.69) is 9.97 Å². The molecular formula is C13H14N2O3S. The molecule has 1 atom stereocenters. The summed E-state index contributed by atoms with van der Waals surface area (Å²) >= 11 is 1.52. The maximum Gasteiger partial charge on any atom is 0.337 e. The first-order valence-electron chi connectivity index (χ1n) is 5.76. The molecule has 0 aliphatic carbocycles. The number of aromatic carboxylic acids is 1. The third-order valence-electron chi connectivity index (χ3n) is 2.74. The standard InChI is InChI=1S/C13H14N2O3S/c1-8-3-12(14-4-11(8)13(16)17)9(2)18-5-10-6-19-7-15-10/h3-4,6-7,9H,5H2,1-2H3,(H,16,17). The van der Waals surface area contributed by atoms with Gasteiger partial charge in [0.2, 0.25) is 0 Å². The van der Waals surface area contributed by atoms with Crippen molar-refractivity contribution in [3.8, 4) is 0 Å². The van der Waals surface area contributed by atoms with Crippen LogP contribution in [-0.2, 0) is 11.3 Å². The van der Waals surface area contributed by atoms with Crippen molar-refractivity contribution in [3.05, 3.63) is 45.7 Å². The van der Waals surface area contributed by atoms with Gasteiger partial charge in [-0.15, -0.1) is 11.3 Å². The molecule has 0 aliphatic heterocycles. The number of hydrogen-bond acceptors (Lipinski definition) is 5. The molecule has 19 heavy (non-hydrogen) atoms. The number of pyridine rings is 1. The fourth-order valence-electron chi connectivity index (χ4n) is 1.63. The van der Waals surface area contributed by atoms with E-state index < -0.39 is 5.97 Å². The number of carbonyl (C=O) groups is 1. The molecule has 0 fully saturated rings. The molecule has 0 saturated carbocycles. The Morgan fingerprint density at radius 1 is 1.53 bits per heavy atom. The van der Waals surface area contributed by atoms with E-state index in [4.69, 9.17) is 9.84 Å². The predicted molar refractivity (Wildman–Crippen MR) is 71.3 cm³/mol. The molecule has 5 nitrogen and oxygen atoms in total. The number of ether oxygens (including phenoxy) is 1. The van der Waals surface area contributed by atoms with Gasteiger partial charge < -0.3 is 9.84 Å². The van der Waals surface area contributed by atoms with Gasteiger partial charge in [-0.3, -0.25) is 4.98 Å². The minimum absolute atomic E-state index is 0.205. The van der Waals surface area contributed by atoms with Gasteiger partial charge in [0.15, 0.2) is 0 Å². The highest BCUT2D eigenvalue weighted by Gasteiger charge is 2.13. The smallest absolute Gasteiger partial charge is 0.337 e. The molecule has 100 valence electrons. The van der Waals surface area contributed by atoms with Crippen LogP contribution in [0, 0.1) is 6.92 Å². The molecule has 2 rings (SSSR count). The highest BCUT2D eigenvalue weighted by Crippen LogP contribution is 2.19. The lowest BCUT2D eigenvalue weighted by Gasteiger charge is -2.13. The SMILES string of the molecule is Cc1cc(C(C)OCc2cscn2)ncc1C(=O)O. The van der Waals surface area contributed by atoms with Crippen LogP contribution in [0.25, 0.3) is 0 Å². The lowest BCUT2D eigenvalue weighted by atomic mass is 10.1. The largest absolute Gasteiger partial charge is 0.478 e. The average Bonchev–Trinajstić information content (AvgIpc) is 2.88. The zero-order valence-electron chi connectivity index (χ0n) is 10.7. The summed E-state index contributed by atoms with van der Waals surface area (Å²) < 4.78 is 5.66. The van der Waals surface area contributed by atoms with Gasteiger partial charge in [0, 0.05) is 11.6 Å². The summed E-state index contributed by atoms with van der Waals surface area (Å²) in [6.45, 7) is 4.06. The van der Waals surface area contributed by atoms with E-state index in [-0.39, 0.29) is 11.7 Å². The van der Waals surface area contributed by atoms with Gasteiger partial charge in [0.05, 0.1) is 35.2 Å². The lowest BCUT2D eigenvalue weighted by molar-refractivity contribution is 0.0479. The van der Waals surface area contributed by atoms with Crippen molar-refractivity contribution in [3.63, 3.8) is 0 Å². The first kappa shape index (κ1) is 13.6.